The van der Waals surface area contributed by atoms with Crippen LogP contribution in [0.5, 0.6) is 0 Å². The van der Waals surface area contributed by atoms with Gasteiger partial charge in [-0.25, -0.2) is 8.42 Å². The maximum Gasteiger partial charge on any atom is 0.264 e. The molecular weight excluding hydrogens is 590 g/mol. The Morgan fingerprint density at radius 1 is 0.900 bits per heavy atom. The van der Waals surface area contributed by atoms with Gasteiger partial charge in [0.05, 0.1) is 10.6 Å². The number of carbonyl (C=O) groups excluding carboxylic acids is 2. The second-order valence-corrected chi connectivity index (χ2v) is 13.0. The summed E-state index contributed by atoms with van der Waals surface area (Å²) < 4.78 is 29.7. The fourth-order valence-electron chi connectivity index (χ4n) is 4.15. The topological polar surface area (TPSA) is 86.8 Å². The van der Waals surface area contributed by atoms with E-state index in [4.69, 9.17) is 0 Å². The Labute approximate surface area is 246 Å². The van der Waals surface area contributed by atoms with Crippen LogP contribution in [0.25, 0.3) is 0 Å². The van der Waals surface area contributed by atoms with Gasteiger partial charge in [0.25, 0.3) is 10.0 Å². The fraction of sp³-hybridized carbons (Fsp3) is 0.355. The molecule has 0 bridgehead atoms. The zero-order chi connectivity index (χ0) is 29.4. The Morgan fingerprint density at radius 2 is 1.55 bits per heavy atom. The molecule has 0 radical (unpaired) electrons. The molecule has 0 heterocycles. The van der Waals surface area contributed by atoms with Gasteiger partial charge >= 0.3 is 0 Å². The molecule has 1 N–H and O–H groups in total. The molecule has 0 unspecified atom stereocenters. The van der Waals surface area contributed by atoms with Crippen molar-refractivity contribution in [1.82, 2.24) is 10.2 Å². The molecule has 0 saturated carbocycles. The molecule has 3 rings (SSSR count). The summed E-state index contributed by atoms with van der Waals surface area (Å²) in [6.45, 7) is 9.33. The van der Waals surface area contributed by atoms with Crippen LogP contribution in [0.3, 0.4) is 0 Å². The number of nitrogens with zero attached hydrogens (tertiary/aromatic N) is 2. The minimum Gasteiger partial charge on any atom is -0.352 e. The van der Waals surface area contributed by atoms with Crippen LogP contribution in [0.15, 0.2) is 88.2 Å². The van der Waals surface area contributed by atoms with Gasteiger partial charge in [-0.2, -0.15) is 0 Å². The van der Waals surface area contributed by atoms with Gasteiger partial charge in [-0.1, -0.05) is 79.2 Å². The first-order valence-electron chi connectivity index (χ1n) is 13.5. The standard InChI is InChI=1S/C31H38BrN3O4S/c1-6-23(4)33-31(37)24(5)34(20-25-11-10-12-27(32)19-25)30(36)21-35(28-17-15-26(16-18-28)22(2)3)40(38,39)29-13-8-7-9-14-29/h7-19,22-24H,6,20-21H2,1-5H3,(H,33,37)/t23-,24-/m1/s1. The molecule has 9 heteroatoms. The minimum absolute atomic E-state index is 0.0628. The molecule has 0 aliphatic carbocycles. The van der Waals surface area contributed by atoms with Gasteiger partial charge in [-0.15, -0.1) is 0 Å². The summed E-state index contributed by atoms with van der Waals surface area (Å²) in [7, 11) is -4.09. The monoisotopic (exact) mass is 627 g/mol. The number of benzene rings is 3. The third-order valence-electron chi connectivity index (χ3n) is 6.87. The van der Waals surface area contributed by atoms with Gasteiger partial charge in [0.15, 0.2) is 0 Å². The lowest BCUT2D eigenvalue weighted by Gasteiger charge is -2.32. The minimum atomic E-state index is -4.09. The quantitative estimate of drug-likeness (QED) is 0.263. The van der Waals surface area contributed by atoms with Gasteiger partial charge in [0.1, 0.15) is 12.6 Å². The number of halogens is 1. The third-order valence-corrected chi connectivity index (χ3v) is 9.15. The predicted octanol–water partition coefficient (Wildman–Crippen LogP) is 6.10. The van der Waals surface area contributed by atoms with E-state index in [1.54, 1.807) is 37.3 Å². The molecule has 0 aliphatic heterocycles. The average Bonchev–Trinajstić information content (AvgIpc) is 2.94. The van der Waals surface area contributed by atoms with Crippen molar-refractivity contribution < 1.29 is 18.0 Å². The van der Waals surface area contributed by atoms with Gasteiger partial charge in [-0.3, -0.25) is 13.9 Å². The summed E-state index contributed by atoms with van der Waals surface area (Å²) in [5.74, 6) is -0.518. The first kappa shape index (κ1) is 31.4. The largest absolute Gasteiger partial charge is 0.352 e. The van der Waals surface area contributed by atoms with Gasteiger partial charge in [-0.05, 0) is 73.7 Å². The lowest BCUT2D eigenvalue weighted by molar-refractivity contribution is -0.139. The first-order chi connectivity index (χ1) is 18.9. The maximum absolute atomic E-state index is 14.0. The molecule has 3 aromatic carbocycles. The van der Waals surface area contributed by atoms with E-state index in [-0.39, 0.29) is 29.3 Å². The first-order valence-corrected chi connectivity index (χ1v) is 15.7. The number of carbonyl (C=O) groups is 2. The van der Waals surface area contributed by atoms with Crippen molar-refractivity contribution in [3.63, 3.8) is 0 Å². The van der Waals surface area contributed by atoms with Crippen LogP contribution >= 0.6 is 15.9 Å². The Balaban J connectivity index is 2.03. The van der Waals surface area contributed by atoms with E-state index in [0.717, 1.165) is 26.3 Å². The molecule has 0 aliphatic rings. The molecule has 214 valence electrons. The average molecular weight is 629 g/mol. The second kappa shape index (κ2) is 13.9. The lowest BCUT2D eigenvalue weighted by Crippen LogP contribution is -2.52. The highest BCUT2D eigenvalue weighted by Crippen LogP contribution is 2.27. The van der Waals surface area contributed by atoms with Crippen LogP contribution in [-0.4, -0.2) is 43.8 Å². The van der Waals surface area contributed by atoms with Crippen LogP contribution in [0.2, 0.25) is 0 Å². The Bertz CT molecular complexity index is 1400. The highest BCUT2D eigenvalue weighted by Gasteiger charge is 2.32. The number of nitrogens with one attached hydrogen (secondary N) is 1. The Hall–Kier alpha value is -3.17. The fourth-order valence-corrected chi connectivity index (χ4v) is 6.04. The zero-order valence-corrected chi connectivity index (χ0v) is 26.1. The van der Waals surface area contributed by atoms with E-state index in [9.17, 15) is 18.0 Å². The van der Waals surface area contributed by atoms with Crippen molar-refractivity contribution >= 4 is 43.5 Å². The highest BCUT2D eigenvalue weighted by molar-refractivity contribution is 9.10. The predicted molar refractivity (Wildman–Crippen MR) is 164 cm³/mol. The van der Waals surface area contributed by atoms with E-state index >= 15 is 0 Å². The highest BCUT2D eigenvalue weighted by atomic mass is 79.9. The molecule has 7 nitrogen and oxygen atoms in total. The lowest BCUT2D eigenvalue weighted by atomic mass is 10.0. The number of rotatable bonds is 12. The van der Waals surface area contributed by atoms with E-state index in [2.05, 4.69) is 35.1 Å². The van der Waals surface area contributed by atoms with Crippen molar-refractivity contribution in [2.24, 2.45) is 0 Å². The van der Waals surface area contributed by atoms with E-state index < -0.39 is 28.5 Å². The molecule has 0 saturated heterocycles. The number of amides is 2. The smallest absolute Gasteiger partial charge is 0.264 e. The van der Waals surface area contributed by atoms with Gasteiger partial charge in [0.2, 0.25) is 11.8 Å². The number of sulfonamides is 1. The molecule has 40 heavy (non-hydrogen) atoms. The van der Waals surface area contributed by atoms with E-state index in [1.807, 2.05) is 50.2 Å². The molecule has 0 fully saturated rings. The summed E-state index contributed by atoms with van der Waals surface area (Å²) in [6.07, 6.45) is 0.744. The van der Waals surface area contributed by atoms with Crippen molar-refractivity contribution in [1.29, 1.82) is 0 Å². The summed E-state index contributed by atoms with van der Waals surface area (Å²) in [5.41, 5.74) is 2.24. The summed E-state index contributed by atoms with van der Waals surface area (Å²) >= 11 is 3.47. The second-order valence-electron chi connectivity index (χ2n) is 10.2. The van der Waals surface area contributed by atoms with Crippen molar-refractivity contribution in [3.05, 3.63) is 94.5 Å². The summed E-state index contributed by atoms with van der Waals surface area (Å²) in [4.78, 5) is 28.7. The SMILES string of the molecule is CC[C@@H](C)NC(=O)[C@@H](C)N(Cc1cccc(Br)c1)C(=O)CN(c1ccc(C(C)C)cc1)S(=O)(=O)c1ccccc1. The maximum atomic E-state index is 14.0. The Kier molecular flexibility index (Phi) is 10.9. The number of anilines is 1. The van der Waals surface area contributed by atoms with Crippen LogP contribution < -0.4 is 9.62 Å². The molecule has 2 amide bonds. The van der Waals surface area contributed by atoms with Crippen LogP contribution in [0.1, 0.15) is 58.1 Å². The van der Waals surface area contributed by atoms with Crippen molar-refractivity contribution in [2.75, 3.05) is 10.8 Å². The van der Waals surface area contributed by atoms with Gasteiger partial charge < -0.3 is 10.2 Å². The van der Waals surface area contributed by atoms with Crippen LogP contribution in [-0.2, 0) is 26.2 Å². The summed E-state index contributed by atoms with van der Waals surface area (Å²) in [6, 6.07) is 21.8. The van der Waals surface area contributed by atoms with Crippen molar-refractivity contribution in [2.45, 2.75) is 70.5 Å². The number of hydrogen-bond acceptors (Lipinski definition) is 4. The van der Waals surface area contributed by atoms with Crippen LogP contribution in [0, 0.1) is 0 Å². The number of hydrogen-bond donors (Lipinski definition) is 1. The molecular formula is C31H38BrN3O4S. The molecule has 2 atom stereocenters. The normalized spacial score (nSPS) is 13.0. The van der Waals surface area contributed by atoms with Crippen LogP contribution in [0.4, 0.5) is 5.69 Å². The zero-order valence-electron chi connectivity index (χ0n) is 23.7. The molecule has 0 spiro atoms. The molecule has 3 aromatic rings. The Morgan fingerprint density at radius 3 is 2.12 bits per heavy atom. The van der Waals surface area contributed by atoms with E-state index in [1.165, 1.54) is 17.0 Å². The van der Waals surface area contributed by atoms with Crippen molar-refractivity contribution in [3.8, 4) is 0 Å². The third kappa shape index (κ3) is 7.95. The van der Waals surface area contributed by atoms with E-state index in [0.29, 0.717) is 5.69 Å². The van der Waals surface area contributed by atoms with Gasteiger partial charge in [0, 0.05) is 17.1 Å². The summed E-state index contributed by atoms with van der Waals surface area (Å²) in [5, 5.41) is 2.95. The molecule has 0 aromatic heterocycles.